The molecule has 0 bridgehead atoms. The molecule has 1 aromatic carbocycles. The van der Waals surface area contributed by atoms with Crippen molar-refractivity contribution in [3.63, 3.8) is 0 Å². The van der Waals surface area contributed by atoms with Gasteiger partial charge in [-0.25, -0.2) is 4.98 Å². The van der Waals surface area contributed by atoms with Gasteiger partial charge in [-0.05, 0) is 88.1 Å². The molecule has 2 aromatic heterocycles. The number of hydrogen-bond acceptors (Lipinski definition) is 6. The summed E-state index contributed by atoms with van der Waals surface area (Å²) in [6.07, 6.45) is 4.56. The summed E-state index contributed by atoms with van der Waals surface area (Å²) >= 11 is 3.67. The summed E-state index contributed by atoms with van der Waals surface area (Å²) in [7, 11) is 1.81. The lowest BCUT2D eigenvalue weighted by Gasteiger charge is -2.28. The predicted octanol–water partition coefficient (Wildman–Crippen LogP) is 5.35. The second-order valence-electron chi connectivity index (χ2n) is 10.2. The number of rotatable bonds is 6. The monoisotopic (exact) mass is 593 g/mol. The molecule has 3 heterocycles. The molecule has 39 heavy (non-hydrogen) atoms. The first kappa shape index (κ1) is 27.0. The van der Waals surface area contributed by atoms with Crippen LogP contribution in [-0.2, 0) is 16.6 Å². The Hall–Kier alpha value is -3.58. The molecular formula is C29H32BrN5O4. The third-order valence-electron chi connectivity index (χ3n) is 7.51. The fourth-order valence-corrected chi connectivity index (χ4v) is 5.81. The molecule has 9 nitrogen and oxygen atoms in total. The van der Waals surface area contributed by atoms with E-state index in [-0.39, 0.29) is 12.0 Å². The van der Waals surface area contributed by atoms with Gasteiger partial charge in [-0.3, -0.25) is 19.2 Å². The number of aryl methyl sites for hydroxylation is 2. The van der Waals surface area contributed by atoms with Crippen LogP contribution in [0.5, 0.6) is 5.88 Å². The Labute approximate surface area is 236 Å². The van der Waals surface area contributed by atoms with Gasteiger partial charge < -0.3 is 14.7 Å². The largest absolute Gasteiger partial charge is 0.481 e. The molecule has 10 heteroatoms. The van der Waals surface area contributed by atoms with E-state index in [2.05, 4.69) is 43.8 Å². The van der Waals surface area contributed by atoms with Crippen LogP contribution in [0.2, 0.25) is 0 Å². The number of carbonyl (C=O) groups excluding carboxylic acids is 1. The molecule has 1 saturated heterocycles. The number of aliphatic carboxylic acids is 1. The van der Waals surface area contributed by atoms with Crippen molar-refractivity contribution in [1.29, 1.82) is 0 Å². The third kappa shape index (κ3) is 5.46. The number of fused-ring (bicyclic) bond motifs is 1. The number of pyridine rings is 1. The quantitative estimate of drug-likeness (QED) is 0.384. The van der Waals surface area contributed by atoms with E-state index in [1.165, 1.54) is 0 Å². The molecule has 204 valence electrons. The minimum absolute atomic E-state index is 0.261. The summed E-state index contributed by atoms with van der Waals surface area (Å²) in [5.74, 6) is 4.61. The fraction of sp³-hybridized carbons (Fsp3) is 0.448. The Morgan fingerprint density at radius 2 is 1.95 bits per heavy atom. The normalized spacial score (nSPS) is 19.0. The smallest absolute Gasteiger partial charge is 0.308 e. The predicted molar refractivity (Wildman–Crippen MR) is 153 cm³/mol. The van der Waals surface area contributed by atoms with E-state index in [1.807, 2.05) is 26.1 Å². The van der Waals surface area contributed by atoms with Crippen molar-refractivity contribution in [2.45, 2.75) is 58.5 Å². The topological polar surface area (TPSA) is 101 Å². The van der Waals surface area contributed by atoms with Gasteiger partial charge in [0.25, 0.3) is 5.88 Å². The van der Waals surface area contributed by atoms with Gasteiger partial charge in [-0.1, -0.05) is 21.9 Å². The third-order valence-corrected chi connectivity index (χ3v) is 8.37. The molecule has 2 fully saturated rings. The zero-order valence-electron chi connectivity index (χ0n) is 22.4. The summed E-state index contributed by atoms with van der Waals surface area (Å²) in [5.41, 5.74) is 3.93. The van der Waals surface area contributed by atoms with E-state index in [0.29, 0.717) is 30.1 Å². The maximum absolute atomic E-state index is 13.5. The molecule has 5 rings (SSSR count). The van der Waals surface area contributed by atoms with Crippen molar-refractivity contribution in [3.05, 3.63) is 34.3 Å². The number of anilines is 3. The van der Waals surface area contributed by atoms with Gasteiger partial charge in [0.2, 0.25) is 0 Å². The molecule has 0 radical (unpaired) electrons. The number of hydrogen-bond donors (Lipinski definition) is 1. The lowest BCUT2D eigenvalue weighted by atomic mass is 9.87. The molecule has 1 saturated carbocycles. The highest BCUT2D eigenvalue weighted by atomic mass is 79.9. The van der Waals surface area contributed by atoms with Crippen LogP contribution in [0.25, 0.3) is 11.0 Å². The highest BCUT2D eigenvalue weighted by molar-refractivity contribution is 9.10. The van der Waals surface area contributed by atoms with Crippen molar-refractivity contribution < 1.29 is 19.4 Å². The molecule has 1 N–H and O–H groups in total. The van der Waals surface area contributed by atoms with Crippen LogP contribution in [0.15, 0.2) is 28.7 Å². The molecular weight excluding hydrogens is 562 g/mol. The van der Waals surface area contributed by atoms with Crippen molar-refractivity contribution in [1.82, 2.24) is 14.8 Å². The Bertz CT molecular complexity index is 1480. The van der Waals surface area contributed by atoms with E-state index in [4.69, 9.17) is 9.72 Å². The highest BCUT2D eigenvalue weighted by Gasteiger charge is 2.30. The van der Waals surface area contributed by atoms with E-state index in [9.17, 15) is 14.7 Å². The average molecular weight is 595 g/mol. The molecule has 1 aliphatic carbocycles. The summed E-state index contributed by atoms with van der Waals surface area (Å²) in [4.78, 5) is 33.8. The maximum atomic E-state index is 13.5. The first-order chi connectivity index (χ1) is 18.8. The van der Waals surface area contributed by atoms with Gasteiger partial charge >= 0.3 is 11.9 Å². The van der Waals surface area contributed by atoms with Gasteiger partial charge in [0.05, 0.1) is 22.8 Å². The van der Waals surface area contributed by atoms with Crippen LogP contribution in [-0.4, -0.2) is 50.9 Å². The molecule has 3 aromatic rings. The highest BCUT2D eigenvalue weighted by Crippen LogP contribution is 2.40. The standard InChI is InChI=1S/C29H32BrN5O4/c1-4-8-26(36)35(24-15-18(2)21(30)17-23(24)34-13-5-6-14-34)25-12-11-22-27(31-25)28(32-33(22)3)39-20-10-7-9-19(16-20)29(37)38/h11-12,15,17,19-20H,5-7,9-10,13-14,16H2,1-3H3,(H,37,38). The molecule has 2 atom stereocenters. The second kappa shape index (κ2) is 11.3. The number of carbonyl (C=O) groups is 2. The molecule has 2 unspecified atom stereocenters. The van der Waals surface area contributed by atoms with Gasteiger partial charge in [0.1, 0.15) is 11.9 Å². The number of nitrogens with zero attached hydrogens (tertiary/aromatic N) is 5. The number of amides is 1. The molecule has 0 spiro atoms. The SMILES string of the molecule is CC#CC(=O)N(c1ccc2c(n1)c(OC1CCCC(C(=O)O)C1)nn2C)c1cc(C)c(Br)cc1N1CCCC1. The van der Waals surface area contributed by atoms with Crippen LogP contribution in [0, 0.1) is 24.7 Å². The lowest BCUT2D eigenvalue weighted by Crippen LogP contribution is -2.30. The average Bonchev–Trinajstić information content (AvgIpc) is 3.55. The summed E-state index contributed by atoms with van der Waals surface area (Å²) in [6, 6.07) is 7.73. The van der Waals surface area contributed by atoms with Gasteiger partial charge in [0, 0.05) is 24.6 Å². The van der Waals surface area contributed by atoms with Gasteiger partial charge in [0.15, 0.2) is 5.52 Å². The molecule has 2 aliphatic rings. The van der Waals surface area contributed by atoms with Crippen LogP contribution in [0.3, 0.4) is 0 Å². The number of halogens is 1. The van der Waals surface area contributed by atoms with Crippen LogP contribution in [0.4, 0.5) is 17.2 Å². The minimum atomic E-state index is -0.792. The number of aromatic nitrogens is 3. The van der Waals surface area contributed by atoms with Crippen LogP contribution in [0.1, 0.15) is 51.0 Å². The Morgan fingerprint density at radius 3 is 2.67 bits per heavy atom. The maximum Gasteiger partial charge on any atom is 0.308 e. The van der Waals surface area contributed by atoms with Crippen molar-refractivity contribution in [2.75, 3.05) is 22.9 Å². The number of ether oxygens (including phenoxy) is 1. The number of carboxylic acids is 1. The molecule has 1 aliphatic heterocycles. The molecule has 1 amide bonds. The summed E-state index contributed by atoms with van der Waals surface area (Å²) < 4.78 is 8.92. The van der Waals surface area contributed by atoms with E-state index >= 15 is 0 Å². The zero-order chi connectivity index (χ0) is 27.7. The van der Waals surface area contributed by atoms with Crippen molar-refractivity contribution in [3.8, 4) is 17.7 Å². The summed E-state index contributed by atoms with van der Waals surface area (Å²) in [5, 5.41) is 14.0. The van der Waals surface area contributed by atoms with Gasteiger partial charge in [-0.2, -0.15) is 0 Å². The first-order valence-corrected chi connectivity index (χ1v) is 14.1. The fourth-order valence-electron chi connectivity index (χ4n) is 5.48. The van der Waals surface area contributed by atoms with Crippen molar-refractivity contribution in [2.24, 2.45) is 13.0 Å². The lowest BCUT2D eigenvalue weighted by molar-refractivity contribution is -0.143. The number of carboxylic acid groups (broad SMARTS) is 1. The second-order valence-corrected chi connectivity index (χ2v) is 11.1. The van der Waals surface area contributed by atoms with Crippen molar-refractivity contribution >= 4 is 56.0 Å². The van der Waals surface area contributed by atoms with Crippen LogP contribution >= 0.6 is 15.9 Å². The Kier molecular flexibility index (Phi) is 7.80. The van der Waals surface area contributed by atoms with Crippen LogP contribution < -0.4 is 14.5 Å². The summed E-state index contributed by atoms with van der Waals surface area (Å²) in [6.45, 7) is 5.46. The van der Waals surface area contributed by atoms with E-state index < -0.39 is 11.9 Å². The Morgan fingerprint density at radius 1 is 1.18 bits per heavy atom. The minimum Gasteiger partial charge on any atom is -0.481 e. The first-order valence-electron chi connectivity index (χ1n) is 13.3. The van der Waals surface area contributed by atoms with E-state index in [1.54, 1.807) is 22.6 Å². The number of benzene rings is 1. The Balaban J connectivity index is 1.59. The zero-order valence-corrected chi connectivity index (χ0v) is 24.0. The van der Waals surface area contributed by atoms with Gasteiger partial charge in [-0.15, -0.1) is 5.10 Å². The van der Waals surface area contributed by atoms with E-state index in [0.717, 1.165) is 65.7 Å².